The highest BCUT2D eigenvalue weighted by molar-refractivity contribution is 5.94. The Morgan fingerprint density at radius 1 is 1.29 bits per heavy atom. The number of benzene rings is 1. The summed E-state index contributed by atoms with van der Waals surface area (Å²) in [6.07, 6.45) is 3.87. The number of nitrogens with zero attached hydrogens (tertiary/aromatic N) is 1. The normalized spacial score (nSPS) is 10.5. The number of aromatic nitrogens is 2. The Kier molecular flexibility index (Phi) is 5.89. The zero-order valence-corrected chi connectivity index (χ0v) is 13.5. The number of amides is 3. The number of nitrogens with one attached hydrogen (secondary N) is 4. The standard InChI is InChI=1S/C16H20FN5O2/c1-10(2)15(23)22-14-7-11(3-4-13(14)17)21-16(24)19-6-5-12-8-18-9-20-12/h3-4,7-10H,5-6H2,1-2H3,(H,18,20)(H,22,23)(H2,19,21,24). The molecule has 0 saturated heterocycles. The molecule has 1 aromatic carbocycles. The van der Waals surface area contributed by atoms with Gasteiger partial charge in [-0.2, -0.15) is 0 Å². The molecule has 0 saturated carbocycles. The average molecular weight is 333 g/mol. The van der Waals surface area contributed by atoms with Crippen molar-refractivity contribution in [3.8, 4) is 0 Å². The molecule has 0 fully saturated rings. The van der Waals surface area contributed by atoms with Crippen molar-refractivity contribution < 1.29 is 14.0 Å². The number of anilines is 2. The molecule has 3 amide bonds. The van der Waals surface area contributed by atoms with Gasteiger partial charge in [0.2, 0.25) is 5.91 Å². The number of hydrogen-bond acceptors (Lipinski definition) is 3. The van der Waals surface area contributed by atoms with Gasteiger partial charge in [0.25, 0.3) is 0 Å². The van der Waals surface area contributed by atoms with E-state index in [9.17, 15) is 14.0 Å². The van der Waals surface area contributed by atoms with Crippen molar-refractivity contribution in [2.75, 3.05) is 17.2 Å². The van der Waals surface area contributed by atoms with Crippen molar-refractivity contribution in [1.29, 1.82) is 0 Å². The van der Waals surface area contributed by atoms with Gasteiger partial charge in [-0.05, 0) is 18.2 Å². The molecule has 0 spiro atoms. The second-order valence-corrected chi connectivity index (χ2v) is 5.55. The third-order valence-corrected chi connectivity index (χ3v) is 3.24. The maximum Gasteiger partial charge on any atom is 0.319 e. The summed E-state index contributed by atoms with van der Waals surface area (Å²) in [5.74, 6) is -1.13. The van der Waals surface area contributed by atoms with Crippen LogP contribution in [0.25, 0.3) is 0 Å². The summed E-state index contributed by atoms with van der Waals surface area (Å²) in [6, 6.07) is 3.58. The third kappa shape index (κ3) is 5.08. The first kappa shape index (κ1) is 17.5. The Bertz CT molecular complexity index is 700. The third-order valence-electron chi connectivity index (χ3n) is 3.24. The lowest BCUT2D eigenvalue weighted by Crippen LogP contribution is -2.30. The number of carbonyl (C=O) groups excluding carboxylic acids is 2. The second-order valence-electron chi connectivity index (χ2n) is 5.55. The number of rotatable bonds is 6. The van der Waals surface area contributed by atoms with Gasteiger partial charge in [-0.15, -0.1) is 0 Å². The molecule has 0 aliphatic rings. The van der Waals surface area contributed by atoms with Crippen LogP contribution in [0.4, 0.5) is 20.6 Å². The predicted octanol–water partition coefficient (Wildman–Crippen LogP) is 2.51. The van der Waals surface area contributed by atoms with E-state index in [-0.39, 0.29) is 17.5 Å². The van der Waals surface area contributed by atoms with Crippen LogP contribution in [-0.2, 0) is 11.2 Å². The molecule has 7 nitrogen and oxygen atoms in total. The van der Waals surface area contributed by atoms with E-state index < -0.39 is 11.8 Å². The van der Waals surface area contributed by atoms with Gasteiger partial charge >= 0.3 is 6.03 Å². The van der Waals surface area contributed by atoms with E-state index in [2.05, 4.69) is 25.9 Å². The highest BCUT2D eigenvalue weighted by atomic mass is 19.1. The summed E-state index contributed by atoms with van der Waals surface area (Å²) in [5, 5.41) is 7.77. The highest BCUT2D eigenvalue weighted by Gasteiger charge is 2.12. The van der Waals surface area contributed by atoms with Gasteiger partial charge in [-0.1, -0.05) is 13.8 Å². The molecule has 0 aliphatic carbocycles. The minimum Gasteiger partial charge on any atom is -0.348 e. The van der Waals surface area contributed by atoms with Crippen molar-refractivity contribution in [2.45, 2.75) is 20.3 Å². The van der Waals surface area contributed by atoms with E-state index in [1.807, 2.05) is 0 Å². The first-order valence-corrected chi connectivity index (χ1v) is 7.58. The molecule has 0 unspecified atom stereocenters. The largest absolute Gasteiger partial charge is 0.348 e. The van der Waals surface area contributed by atoms with Gasteiger partial charge in [0, 0.05) is 36.5 Å². The van der Waals surface area contributed by atoms with Crippen molar-refractivity contribution >= 4 is 23.3 Å². The molecule has 2 aromatic rings. The lowest BCUT2D eigenvalue weighted by molar-refractivity contribution is -0.118. The molecule has 2 rings (SSSR count). The molecule has 0 bridgehead atoms. The van der Waals surface area contributed by atoms with Gasteiger partial charge in [0.05, 0.1) is 12.0 Å². The number of aromatic amines is 1. The quantitative estimate of drug-likeness (QED) is 0.653. The number of halogens is 1. The van der Waals surface area contributed by atoms with Crippen molar-refractivity contribution in [3.63, 3.8) is 0 Å². The van der Waals surface area contributed by atoms with Gasteiger partial charge < -0.3 is 20.9 Å². The van der Waals surface area contributed by atoms with E-state index in [0.29, 0.717) is 18.7 Å². The summed E-state index contributed by atoms with van der Waals surface area (Å²) < 4.78 is 13.7. The number of imidazole rings is 1. The van der Waals surface area contributed by atoms with E-state index >= 15 is 0 Å². The second kappa shape index (κ2) is 8.09. The van der Waals surface area contributed by atoms with Crippen LogP contribution in [0, 0.1) is 11.7 Å². The summed E-state index contributed by atoms with van der Waals surface area (Å²) in [6.45, 7) is 3.84. The lowest BCUT2D eigenvalue weighted by atomic mass is 10.2. The zero-order chi connectivity index (χ0) is 17.5. The SMILES string of the molecule is CC(C)C(=O)Nc1cc(NC(=O)NCCc2cnc[nH]2)ccc1F. The number of carbonyl (C=O) groups is 2. The Hall–Kier alpha value is -2.90. The zero-order valence-electron chi connectivity index (χ0n) is 13.5. The van der Waals surface area contributed by atoms with Crippen LogP contribution in [0.1, 0.15) is 19.5 Å². The molecule has 1 aromatic heterocycles. The molecule has 0 atom stereocenters. The Morgan fingerprint density at radius 3 is 2.75 bits per heavy atom. The molecule has 24 heavy (non-hydrogen) atoms. The summed E-state index contributed by atoms with van der Waals surface area (Å²) in [7, 11) is 0. The van der Waals surface area contributed by atoms with Gasteiger partial charge in [0.15, 0.2) is 0 Å². The van der Waals surface area contributed by atoms with Crippen LogP contribution >= 0.6 is 0 Å². The fourth-order valence-corrected chi connectivity index (χ4v) is 1.88. The first-order chi connectivity index (χ1) is 11.5. The van der Waals surface area contributed by atoms with Gasteiger partial charge in [0.1, 0.15) is 5.82 Å². The molecule has 1 heterocycles. The molecule has 0 radical (unpaired) electrons. The number of urea groups is 1. The average Bonchev–Trinajstić information content (AvgIpc) is 3.03. The molecular formula is C16H20FN5O2. The monoisotopic (exact) mass is 333 g/mol. The van der Waals surface area contributed by atoms with Crippen LogP contribution in [0.15, 0.2) is 30.7 Å². The molecule has 4 N–H and O–H groups in total. The fraction of sp³-hybridized carbons (Fsp3) is 0.312. The van der Waals surface area contributed by atoms with Gasteiger partial charge in [-0.3, -0.25) is 4.79 Å². The summed E-state index contributed by atoms with van der Waals surface area (Å²) in [4.78, 5) is 30.3. The molecular weight excluding hydrogens is 313 g/mol. The van der Waals surface area contributed by atoms with E-state index in [0.717, 1.165) is 5.69 Å². The topological polar surface area (TPSA) is 98.9 Å². The van der Waals surface area contributed by atoms with Crippen LogP contribution < -0.4 is 16.0 Å². The van der Waals surface area contributed by atoms with Crippen LogP contribution in [0.2, 0.25) is 0 Å². The van der Waals surface area contributed by atoms with E-state index in [4.69, 9.17) is 0 Å². The molecule has 8 heteroatoms. The maximum atomic E-state index is 13.7. The summed E-state index contributed by atoms with van der Waals surface area (Å²) >= 11 is 0. The van der Waals surface area contributed by atoms with Crippen molar-refractivity contribution in [1.82, 2.24) is 15.3 Å². The molecule has 128 valence electrons. The highest BCUT2D eigenvalue weighted by Crippen LogP contribution is 2.20. The summed E-state index contributed by atoms with van der Waals surface area (Å²) in [5.41, 5.74) is 1.33. The van der Waals surface area contributed by atoms with Crippen LogP contribution in [0.3, 0.4) is 0 Å². The van der Waals surface area contributed by atoms with Crippen LogP contribution in [0.5, 0.6) is 0 Å². The lowest BCUT2D eigenvalue weighted by Gasteiger charge is -2.11. The van der Waals surface area contributed by atoms with E-state index in [1.54, 1.807) is 26.4 Å². The van der Waals surface area contributed by atoms with Crippen molar-refractivity contribution in [2.24, 2.45) is 5.92 Å². The Balaban J connectivity index is 1.89. The fourth-order valence-electron chi connectivity index (χ4n) is 1.88. The Labute approximate surface area is 139 Å². The van der Waals surface area contributed by atoms with Gasteiger partial charge in [-0.25, -0.2) is 14.2 Å². The smallest absolute Gasteiger partial charge is 0.319 e. The van der Waals surface area contributed by atoms with Crippen LogP contribution in [-0.4, -0.2) is 28.5 Å². The minimum atomic E-state index is -0.561. The van der Waals surface area contributed by atoms with E-state index in [1.165, 1.54) is 18.2 Å². The minimum absolute atomic E-state index is 0.0314. The molecule has 0 aliphatic heterocycles. The predicted molar refractivity (Wildman–Crippen MR) is 89.2 cm³/mol. The van der Waals surface area contributed by atoms with Crippen molar-refractivity contribution in [3.05, 3.63) is 42.2 Å². The maximum absolute atomic E-state index is 13.7. The number of hydrogen-bond donors (Lipinski definition) is 4. The number of H-pyrrole nitrogens is 1. The Morgan fingerprint density at radius 2 is 2.08 bits per heavy atom. The first-order valence-electron chi connectivity index (χ1n) is 7.58.